The van der Waals surface area contributed by atoms with Crippen molar-refractivity contribution >= 4 is 23.9 Å². The fourth-order valence-electron chi connectivity index (χ4n) is 3.81. The smallest absolute Gasteiger partial charge is 0.339 e. The Morgan fingerprint density at radius 3 is 1.29 bits per heavy atom. The quantitative estimate of drug-likeness (QED) is 0.182. The Kier molecular flexibility index (Phi) is 10.2. The minimum absolute atomic E-state index is 0.128. The Labute approximate surface area is 241 Å². The van der Waals surface area contributed by atoms with Crippen LogP contribution in [-0.4, -0.2) is 48.8 Å². The van der Waals surface area contributed by atoms with Crippen LogP contribution in [0.1, 0.15) is 41.4 Å². The molecule has 0 heterocycles. The zero-order valence-corrected chi connectivity index (χ0v) is 22.2. The van der Waals surface area contributed by atoms with Crippen LogP contribution in [0.25, 0.3) is 0 Å². The van der Waals surface area contributed by atoms with Gasteiger partial charge in [-0.05, 0) is 48.5 Å². The maximum Gasteiger partial charge on any atom is 0.339 e. The molecule has 0 spiro atoms. The topological polar surface area (TPSA) is 129 Å². The van der Waals surface area contributed by atoms with Crippen molar-refractivity contribution in [1.82, 2.24) is 0 Å². The van der Waals surface area contributed by atoms with Gasteiger partial charge >= 0.3 is 23.9 Å². The first kappa shape index (κ1) is 29.2. The fourth-order valence-corrected chi connectivity index (χ4v) is 3.81. The number of nitrogens with zero attached hydrogens (tertiary/aromatic N) is 1. The van der Waals surface area contributed by atoms with E-state index in [9.17, 15) is 24.4 Å². The predicted octanol–water partition coefficient (Wildman–Crippen LogP) is 5.04. The van der Waals surface area contributed by atoms with Gasteiger partial charge in [0.2, 0.25) is 6.10 Å². The van der Waals surface area contributed by atoms with E-state index in [4.69, 9.17) is 18.9 Å². The van der Waals surface area contributed by atoms with E-state index in [1.54, 1.807) is 72.8 Å². The summed E-state index contributed by atoms with van der Waals surface area (Å²) >= 11 is 0. The molecule has 0 fully saturated rings. The van der Waals surface area contributed by atoms with Crippen LogP contribution in [0.2, 0.25) is 0 Å². The number of benzene rings is 4. The van der Waals surface area contributed by atoms with Crippen molar-refractivity contribution in [3.8, 4) is 6.07 Å². The molecular weight excluding hydrogens is 538 g/mol. The zero-order chi connectivity index (χ0) is 29.7. The molecule has 0 radical (unpaired) electrons. The Bertz CT molecular complexity index is 1540. The van der Waals surface area contributed by atoms with Crippen LogP contribution in [0.3, 0.4) is 0 Å². The van der Waals surface area contributed by atoms with Crippen molar-refractivity contribution in [3.63, 3.8) is 0 Å². The lowest BCUT2D eigenvalue weighted by molar-refractivity contribution is -0.0891. The molecule has 0 bridgehead atoms. The van der Waals surface area contributed by atoms with Gasteiger partial charge < -0.3 is 18.9 Å². The number of carbonyl (C=O) groups excluding carboxylic acids is 4. The third-order valence-corrected chi connectivity index (χ3v) is 5.94. The molecule has 9 heteroatoms. The van der Waals surface area contributed by atoms with Gasteiger partial charge in [0, 0.05) is 0 Å². The van der Waals surface area contributed by atoms with E-state index in [0.717, 1.165) is 0 Å². The highest BCUT2D eigenvalue weighted by molar-refractivity contribution is 5.91. The summed E-state index contributed by atoms with van der Waals surface area (Å²) in [6, 6.07) is 33.6. The lowest BCUT2D eigenvalue weighted by atomic mass is 10.1. The second kappa shape index (κ2) is 14.6. The van der Waals surface area contributed by atoms with Gasteiger partial charge in [0.25, 0.3) is 0 Å². The average Bonchev–Trinajstić information content (AvgIpc) is 3.05. The number of carbonyl (C=O) groups is 4. The van der Waals surface area contributed by atoms with Gasteiger partial charge in [0.05, 0.1) is 22.3 Å². The van der Waals surface area contributed by atoms with Crippen LogP contribution in [0, 0.1) is 11.3 Å². The van der Waals surface area contributed by atoms with E-state index in [1.165, 1.54) is 48.5 Å². The van der Waals surface area contributed by atoms with Gasteiger partial charge in [0.1, 0.15) is 12.7 Å². The molecule has 3 atom stereocenters. The second-order valence-corrected chi connectivity index (χ2v) is 8.83. The third kappa shape index (κ3) is 7.90. The van der Waals surface area contributed by atoms with Crippen LogP contribution in [0.4, 0.5) is 0 Å². The van der Waals surface area contributed by atoms with E-state index in [0.29, 0.717) is 0 Å². The molecule has 4 rings (SSSR count). The molecule has 9 nitrogen and oxygen atoms in total. The van der Waals surface area contributed by atoms with Gasteiger partial charge in [-0.25, -0.2) is 19.2 Å². The van der Waals surface area contributed by atoms with E-state index in [1.807, 2.05) is 6.07 Å². The highest BCUT2D eigenvalue weighted by atomic mass is 16.6. The van der Waals surface area contributed by atoms with Crippen molar-refractivity contribution in [2.24, 2.45) is 0 Å². The van der Waals surface area contributed by atoms with Crippen molar-refractivity contribution in [2.75, 3.05) is 6.61 Å². The number of esters is 4. The van der Waals surface area contributed by atoms with Crippen LogP contribution in [0.5, 0.6) is 0 Å². The van der Waals surface area contributed by atoms with Crippen LogP contribution >= 0.6 is 0 Å². The van der Waals surface area contributed by atoms with Gasteiger partial charge in [-0.2, -0.15) is 5.26 Å². The first-order chi connectivity index (χ1) is 20.5. The van der Waals surface area contributed by atoms with Crippen molar-refractivity contribution in [3.05, 3.63) is 144 Å². The fraction of sp³-hybridized carbons (Fsp3) is 0.121. The Hall–Kier alpha value is -5.75. The molecule has 0 amide bonds. The first-order valence-electron chi connectivity index (χ1n) is 12.9. The van der Waals surface area contributed by atoms with E-state index < -0.39 is 48.8 Å². The lowest BCUT2D eigenvalue weighted by Crippen LogP contribution is -2.47. The number of hydrogen-bond donors (Lipinski definition) is 0. The number of hydrogen-bond acceptors (Lipinski definition) is 9. The summed E-state index contributed by atoms with van der Waals surface area (Å²) in [4.78, 5) is 51.9. The highest BCUT2D eigenvalue weighted by Gasteiger charge is 2.40. The normalized spacial score (nSPS) is 12.5. The molecule has 0 aliphatic rings. The lowest BCUT2D eigenvalue weighted by Gasteiger charge is -2.29. The monoisotopic (exact) mass is 563 g/mol. The molecule has 0 unspecified atom stereocenters. The molecule has 0 aliphatic heterocycles. The summed E-state index contributed by atoms with van der Waals surface area (Å²) in [7, 11) is 0. The zero-order valence-electron chi connectivity index (χ0n) is 22.2. The second-order valence-electron chi connectivity index (χ2n) is 8.83. The van der Waals surface area contributed by atoms with Crippen LogP contribution in [0.15, 0.2) is 121 Å². The number of nitriles is 1. The minimum atomic E-state index is -1.76. The van der Waals surface area contributed by atoms with Gasteiger partial charge in [0.15, 0.2) is 12.2 Å². The Balaban J connectivity index is 1.67. The van der Waals surface area contributed by atoms with E-state index in [2.05, 4.69) is 0 Å². The minimum Gasteiger partial charge on any atom is -0.458 e. The summed E-state index contributed by atoms with van der Waals surface area (Å²) in [5.74, 6) is -3.36. The molecule has 4 aromatic rings. The number of rotatable bonds is 11. The maximum atomic E-state index is 13.1. The molecule has 0 aliphatic carbocycles. The molecule has 210 valence electrons. The van der Waals surface area contributed by atoms with Gasteiger partial charge in [-0.15, -0.1) is 0 Å². The summed E-state index contributed by atoms with van der Waals surface area (Å²) in [5, 5.41) is 10.1. The Morgan fingerprint density at radius 1 is 0.524 bits per heavy atom. The summed E-state index contributed by atoms with van der Waals surface area (Å²) < 4.78 is 22.2. The molecule has 0 aromatic heterocycles. The summed E-state index contributed by atoms with van der Waals surface area (Å²) in [6.07, 6.45) is -4.99. The first-order valence-corrected chi connectivity index (χ1v) is 12.9. The predicted molar refractivity (Wildman–Crippen MR) is 149 cm³/mol. The molecule has 0 saturated carbocycles. The van der Waals surface area contributed by atoms with Crippen molar-refractivity contribution < 1.29 is 38.1 Å². The summed E-state index contributed by atoms with van der Waals surface area (Å²) in [6.45, 7) is -0.625. The molecule has 0 N–H and O–H groups in total. The highest BCUT2D eigenvalue weighted by Crippen LogP contribution is 2.20. The SMILES string of the molecule is N#C[C@@H](OC(=O)c1ccccc1)[C@H](OC(=O)c1ccccc1)[C@H](COC(=O)c1ccccc1)OC(=O)c1ccccc1. The summed E-state index contributed by atoms with van der Waals surface area (Å²) in [5.41, 5.74) is 0.637. The van der Waals surface area contributed by atoms with E-state index >= 15 is 0 Å². The molecule has 42 heavy (non-hydrogen) atoms. The Morgan fingerprint density at radius 2 is 0.881 bits per heavy atom. The largest absolute Gasteiger partial charge is 0.458 e. The molecule has 0 saturated heterocycles. The van der Waals surface area contributed by atoms with Gasteiger partial charge in [-0.1, -0.05) is 72.8 Å². The standard InChI is InChI=1S/C33H25NO8/c34-21-27(40-31(36)24-15-7-2-8-16-24)29(42-33(38)26-19-11-4-12-20-26)28(41-32(37)25-17-9-3-10-18-25)22-39-30(35)23-13-5-1-6-14-23/h1-20,27-29H,22H2/t27-,28+,29+/m1/s1. The van der Waals surface area contributed by atoms with Crippen molar-refractivity contribution in [2.45, 2.75) is 18.3 Å². The van der Waals surface area contributed by atoms with Gasteiger partial charge in [-0.3, -0.25) is 0 Å². The van der Waals surface area contributed by atoms with Crippen molar-refractivity contribution in [1.29, 1.82) is 5.26 Å². The van der Waals surface area contributed by atoms with Crippen LogP contribution in [-0.2, 0) is 18.9 Å². The maximum absolute atomic E-state index is 13.1. The average molecular weight is 564 g/mol. The molecule has 4 aromatic carbocycles. The van der Waals surface area contributed by atoms with E-state index in [-0.39, 0.29) is 22.3 Å². The van der Waals surface area contributed by atoms with Crippen LogP contribution < -0.4 is 0 Å². The number of ether oxygens (including phenoxy) is 4. The molecular formula is C33H25NO8. The third-order valence-electron chi connectivity index (χ3n) is 5.94.